The molecule has 3 heterocycles. The molecule has 0 fully saturated rings. The van der Waals surface area contributed by atoms with E-state index >= 15 is 0 Å². The first-order valence-corrected chi connectivity index (χ1v) is 5.82. The SMILES string of the molecule is Cc1ccc(C(C)N2Cc3cncnc3C2)o1. The summed E-state index contributed by atoms with van der Waals surface area (Å²) in [7, 11) is 0. The van der Waals surface area contributed by atoms with Gasteiger partial charge in [-0.1, -0.05) is 0 Å². The first kappa shape index (κ1) is 10.5. The Morgan fingerprint density at radius 1 is 1.35 bits per heavy atom. The Bertz CT molecular complexity index is 510. The maximum absolute atomic E-state index is 5.68. The van der Waals surface area contributed by atoms with Crippen LogP contribution in [-0.4, -0.2) is 14.9 Å². The highest BCUT2D eigenvalue weighted by Gasteiger charge is 2.26. The normalized spacial score (nSPS) is 17.1. The van der Waals surface area contributed by atoms with Gasteiger partial charge < -0.3 is 4.42 Å². The lowest BCUT2D eigenvalue weighted by molar-refractivity contribution is 0.188. The van der Waals surface area contributed by atoms with Crippen LogP contribution in [-0.2, 0) is 13.1 Å². The van der Waals surface area contributed by atoms with Crippen molar-refractivity contribution in [3.8, 4) is 0 Å². The maximum atomic E-state index is 5.68. The van der Waals surface area contributed by atoms with Gasteiger partial charge in [0.25, 0.3) is 0 Å². The molecule has 1 atom stereocenters. The minimum absolute atomic E-state index is 0.276. The van der Waals surface area contributed by atoms with Gasteiger partial charge in [0.2, 0.25) is 0 Å². The third-order valence-corrected chi connectivity index (χ3v) is 3.33. The second-order valence-corrected chi connectivity index (χ2v) is 4.52. The van der Waals surface area contributed by atoms with Crippen LogP contribution < -0.4 is 0 Å². The minimum atomic E-state index is 0.276. The van der Waals surface area contributed by atoms with E-state index in [4.69, 9.17) is 4.42 Å². The van der Waals surface area contributed by atoms with E-state index in [1.165, 1.54) is 5.56 Å². The molecule has 17 heavy (non-hydrogen) atoms. The predicted octanol–water partition coefficient (Wildman–Crippen LogP) is 2.45. The van der Waals surface area contributed by atoms with E-state index in [0.717, 1.165) is 30.3 Å². The zero-order valence-corrected chi connectivity index (χ0v) is 10.1. The van der Waals surface area contributed by atoms with Crippen LogP contribution in [0.2, 0.25) is 0 Å². The van der Waals surface area contributed by atoms with Crippen molar-refractivity contribution in [2.24, 2.45) is 0 Å². The second kappa shape index (κ2) is 3.96. The molecule has 2 aromatic rings. The van der Waals surface area contributed by atoms with Gasteiger partial charge >= 0.3 is 0 Å². The Morgan fingerprint density at radius 3 is 2.94 bits per heavy atom. The Labute approximate surface area is 100 Å². The van der Waals surface area contributed by atoms with Crippen LogP contribution >= 0.6 is 0 Å². The largest absolute Gasteiger partial charge is 0.465 e. The summed E-state index contributed by atoms with van der Waals surface area (Å²) in [6.07, 6.45) is 3.52. The van der Waals surface area contributed by atoms with Crippen molar-refractivity contribution >= 4 is 0 Å². The highest BCUT2D eigenvalue weighted by molar-refractivity contribution is 5.21. The van der Waals surface area contributed by atoms with Crippen LogP contribution in [0.15, 0.2) is 29.1 Å². The summed E-state index contributed by atoms with van der Waals surface area (Å²) in [6.45, 7) is 5.91. The molecular weight excluding hydrogens is 214 g/mol. The van der Waals surface area contributed by atoms with Gasteiger partial charge in [0.05, 0.1) is 11.7 Å². The number of fused-ring (bicyclic) bond motifs is 1. The third-order valence-electron chi connectivity index (χ3n) is 3.33. The van der Waals surface area contributed by atoms with E-state index in [1.54, 1.807) is 6.33 Å². The Balaban J connectivity index is 1.80. The first-order chi connectivity index (χ1) is 8.24. The number of aryl methyl sites for hydroxylation is 1. The van der Waals surface area contributed by atoms with Gasteiger partial charge in [0, 0.05) is 24.8 Å². The number of hydrogen-bond donors (Lipinski definition) is 0. The summed E-state index contributed by atoms with van der Waals surface area (Å²) in [5, 5.41) is 0. The van der Waals surface area contributed by atoms with Gasteiger partial charge in [-0.3, -0.25) is 4.90 Å². The van der Waals surface area contributed by atoms with Crippen molar-refractivity contribution in [3.05, 3.63) is 47.4 Å². The van der Waals surface area contributed by atoms with Gasteiger partial charge in [-0.25, -0.2) is 9.97 Å². The minimum Gasteiger partial charge on any atom is -0.465 e. The molecule has 0 saturated heterocycles. The third kappa shape index (κ3) is 1.85. The molecule has 1 aliphatic rings. The van der Waals surface area contributed by atoms with Gasteiger partial charge in [-0.05, 0) is 26.0 Å². The summed E-state index contributed by atoms with van der Waals surface area (Å²) in [4.78, 5) is 10.7. The van der Waals surface area contributed by atoms with Crippen molar-refractivity contribution < 1.29 is 4.42 Å². The van der Waals surface area contributed by atoms with Crippen LogP contribution in [0, 0.1) is 6.92 Å². The topological polar surface area (TPSA) is 42.2 Å². The molecule has 0 bridgehead atoms. The monoisotopic (exact) mass is 229 g/mol. The van der Waals surface area contributed by atoms with Crippen LogP contribution in [0.3, 0.4) is 0 Å². The molecule has 0 N–H and O–H groups in total. The average Bonchev–Trinajstić information content (AvgIpc) is 2.93. The van der Waals surface area contributed by atoms with Gasteiger partial charge in [-0.2, -0.15) is 0 Å². The van der Waals surface area contributed by atoms with Crippen molar-refractivity contribution in [3.63, 3.8) is 0 Å². The van der Waals surface area contributed by atoms with Gasteiger partial charge in [0.1, 0.15) is 17.8 Å². The highest BCUT2D eigenvalue weighted by Crippen LogP contribution is 2.30. The molecule has 0 aliphatic carbocycles. The van der Waals surface area contributed by atoms with E-state index in [1.807, 2.05) is 19.2 Å². The molecule has 4 nitrogen and oxygen atoms in total. The van der Waals surface area contributed by atoms with Crippen molar-refractivity contribution in [2.75, 3.05) is 0 Å². The highest BCUT2D eigenvalue weighted by atomic mass is 16.3. The summed E-state index contributed by atoms with van der Waals surface area (Å²) in [5.74, 6) is 1.98. The van der Waals surface area contributed by atoms with Crippen molar-refractivity contribution in [1.82, 2.24) is 14.9 Å². The Hall–Kier alpha value is -1.68. The molecule has 1 unspecified atom stereocenters. The van der Waals surface area contributed by atoms with E-state index in [9.17, 15) is 0 Å². The van der Waals surface area contributed by atoms with E-state index in [2.05, 4.69) is 27.9 Å². The fraction of sp³-hybridized carbons (Fsp3) is 0.385. The van der Waals surface area contributed by atoms with Crippen LogP contribution in [0.1, 0.15) is 35.7 Å². The Kier molecular flexibility index (Phi) is 2.44. The standard InChI is InChI=1S/C13H15N3O/c1-9-3-4-13(17-9)10(2)16-6-11-5-14-8-15-12(11)7-16/h3-5,8,10H,6-7H2,1-2H3. The molecule has 88 valence electrons. The Morgan fingerprint density at radius 2 is 2.24 bits per heavy atom. The molecular formula is C13H15N3O. The average molecular weight is 229 g/mol. The number of aromatic nitrogens is 2. The van der Waals surface area contributed by atoms with E-state index < -0.39 is 0 Å². The lowest BCUT2D eigenvalue weighted by Crippen LogP contribution is -2.20. The van der Waals surface area contributed by atoms with Gasteiger partial charge in [0.15, 0.2) is 0 Å². The molecule has 3 rings (SSSR count). The molecule has 0 radical (unpaired) electrons. The molecule has 4 heteroatoms. The molecule has 1 aliphatic heterocycles. The smallest absolute Gasteiger partial charge is 0.121 e. The summed E-state index contributed by atoms with van der Waals surface area (Å²) >= 11 is 0. The summed E-state index contributed by atoms with van der Waals surface area (Å²) < 4.78 is 5.68. The van der Waals surface area contributed by atoms with Gasteiger partial charge in [-0.15, -0.1) is 0 Å². The fourth-order valence-electron chi connectivity index (χ4n) is 2.26. The predicted molar refractivity (Wildman–Crippen MR) is 63.1 cm³/mol. The summed E-state index contributed by atoms with van der Waals surface area (Å²) in [5.41, 5.74) is 2.36. The van der Waals surface area contributed by atoms with Crippen LogP contribution in [0.5, 0.6) is 0 Å². The zero-order chi connectivity index (χ0) is 11.8. The van der Waals surface area contributed by atoms with Crippen LogP contribution in [0.25, 0.3) is 0 Å². The molecule has 2 aromatic heterocycles. The number of furan rings is 1. The molecule has 0 aromatic carbocycles. The second-order valence-electron chi connectivity index (χ2n) is 4.52. The lowest BCUT2D eigenvalue weighted by Gasteiger charge is -2.21. The molecule has 0 amide bonds. The van der Waals surface area contributed by atoms with E-state index in [0.29, 0.717) is 0 Å². The molecule has 0 saturated carbocycles. The van der Waals surface area contributed by atoms with Crippen LogP contribution in [0.4, 0.5) is 0 Å². The zero-order valence-electron chi connectivity index (χ0n) is 10.1. The van der Waals surface area contributed by atoms with E-state index in [-0.39, 0.29) is 6.04 Å². The van der Waals surface area contributed by atoms with Crippen molar-refractivity contribution in [2.45, 2.75) is 33.0 Å². The number of hydrogen-bond acceptors (Lipinski definition) is 4. The first-order valence-electron chi connectivity index (χ1n) is 5.82. The quantitative estimate of drug-likeness (QED) is 0.793. The number of nitrogens with zero attached hydrogens (tertiary/aromatic N) is 3. The lowest BCUT2D eigenvalue weighted by atomic mass is 10.2. The molecule has 0 spiro atoms. The summed E-state index contributed by atoms with van der Waals surface area (Å²) in [6, 6.07) is 4.33. The van der Waals surface area contributed by atoms with Crippen molar-refractivity contribution in [1.29, 1.82) is 0 Å². The number of rotatable bonds is 2. The maximum Gasteiger partial charge on any atom is 0.121 e. The fourth-order valence-corrected chi connectivity index (χ4v) is 2.26.